The summed E-state index contributed by atoms with van der Waals surface area (Å²) in [6.07, 6.45) is 1.67. The van der Waals surface area contributed by atoms with Gasteiger partial charge in [0, 0.05) is 18.1 Å². The summed E-state index contributed by atoms with van der Waals surface area (Å²) in [5.41, 5.74) is 2.89. The Kier molecular flexibility index (Phi) is 5.63. The third-order valence-electron chi connectivity index (χ3n) is 4.16. The molecule has 0 N–H and O–H groups in total. The number of rotatable bonds is 4. The van der Waals surface area contributed by atoms with E-state index < -0.39 is 6.09 Å². The summed E-state index contributed by atoms with van der Waals surface area (Å²) in [6, 6.07) is 11.0. The lowest BCUT2D eigenvalue weighted by Gasteiger charge is -2.27. The van der Waals surface area contributed by atoms with Crippen LogP contribution in [0.3, 0.4) is 0 Å². The lowest BCUT2D eigenvalue weighted by atomic mass is 9.99. The van der Waals surface area contributed by atoms with Gasteiger partial charge in [0.2, 0.25) is 0 Å². The first kappa shape index (κ1) is 18.1. The standard InChI is InChI=1S/C19H19ClN2O4/c1-24-17-9-14-6-7-22(12-15(14)10-18(17)25-2)19(23)26-21-11-13-4-3-5-16(20)8-13/h3-5,8-11H,6-7,12H2,1-2H3/b21-11+. The van der Waals surface area contributed by atoms with E-state index in [2.05, 4.69) is 5.16 Å². The zero-order chi connectivity index (χ0) is 18.5. The molecule has 1 heterocycles. The van der Waals surface area contributed by atoms with Crippen molar-refractivity contribution in [2.24, 2.45) is 5.16 Å². The van der Waals surface area contributed by atoms with E-state index in [9.17, 15) is 4.79 Å². The highest BCUT2D eigenvalue weighted by Crippen LogP contribution is 2.33. The molecule has 1 amide bonds. The smallest absolute Gasteiger partial charge is 0.436 e. The zero-order valence-corrected chi connectivity index (χ0v) is 15.3. The predicted octanol–water partition coefficient (Wildman–Crippen LogP) is 3.89. The monoisotopic (exact) mass is 374 g/mol. The Balaban J connectivity index is 1.65. The Hall–Kier alpha value is -2.73. The summed E-state index contributed by atoms with van der Waals surface area (Å²) in [5, 5.41) is 4.35. The van der Waals surface area contributed by atoms with E-state index in [1.807, 2.05) is 18.2 Å². The van der Waals surface area contributed by atoms with Crippen LogP contribution in [0.2, 0.25) is 5.02 Å². The largest absolute Gasteiger partial charge is 0.493 e. The summed E-state index contributed by atoms with van der Waals surface area (Å²) in [6.45, 7) is 0.981. The fourth-order valence-electron chi connectivity index (χ4n) is 2.82. The third-order valence-corrected chi connectivity index (χ3v) is 4.39. The van der Waals surface area contributed by atoms with E-state index in [1.54, 1.807) is 37.3 Å². The van der Waals surface area contributed by atoms with Crippen LogP contribution < -0.4 is 9.47 Å². The predicted molar refractivity (Wildman–Crippen MR) is 99.2 cm³/mol. The zero-order valence-electron chi connectivity index (χ0n) is 14.6. The molecule has 26 heavy (non-hydrogen) atoms. The van der Waals surface area contributed by atoms with Crippen molar-refractivity contribution in [1.29, 1.82) is 0 Å². The maximum absolute atomic E-state index is 12.3. The van der Waals surface area contributed by atoms with E-state index in [0.717, 1.165) is 16.7 Å². The Bertz CT molecular complexity index is 838. The molecule has 0 aliphatic carbocycles. The van der Waals surface area contributed by atoms with Crippen molar-refractivity contribution in [1.82, 2.24) is 4.90 Å². The normalized spacial score (nSPS) is 13.4. The molecule has 0 radical (unpaired) electrons. The number of carbonyl (C=O) groups excluding carboxylic acids is 1. The molecule has 7 heteroatoms. The quantitative estimate of drug-likeness (QED) is 0.463. The first-order chi connectivity index (χ1) is 12.6. The van der Waals surface area contributed by atoms with Gasteiger partial charge >= 0.3 is 6.09 Å². The number of nitrogens with zero attached hydrogens (tertiary/aromatic N) is 2. The molecule has 0 saturated heterocycles. The molecule has 0 aromatic heterocycles. The van der Waals surface area contributed by atoms with E-state index in [0.29, 0.717) is 36.0 Å². The van der Waals surface area contributed by atoms with Crippen molar-refractivity contribution in [3.63, 3.8) is 0 Å². The van der Waals surface area contributed by atoms with Gasteiger partial charge in [0.1, 0.15) is 0 Å². The number of benzene rings is 2. The molecule has 0 unspecified atom stereocenters. The second-order valence-electron chi connectivity index (χ2n) is 5.79. The molecule has 6 nitrogen and oxygen atoms in total. The number of hydrogen-bond acceptors (Lipinski definition) is 5. The maximum atomic E-state index is 12.3. The topological polar surface area (TPSA) is 60.4 Å². The molecule has 136 valence electrons. The van der Waals surface area contributed by atoms with Gasteiger partial charge in [-0.2, -0.15) is 0 Å². The van der Waals surface area contributed by atoms with Gasteiger partial charge in [0.15, 0.2) is 11.5 Å². The van der Waals surface area contributed by atoms with Crippen LogP contribution in [0.1, 0.15) is 16.7 Å². The fourth-order valence-corrected chi connectivity index (χ4v) is 3.01. The molecule has 1 aliphatic rings. The van der Waals surface area contributed by atoms with Crippen molar-refractivity contribution in [3.05, 3.63) is 58.1 Å². The van der Waals surface area contributed by atoms with Crippen LogP contribution in [0, 0.1) is 0 Å². The maximum Gasteiger partial charge on any atom is 0.436 e. The summed E-state index contributed by atoms with van der Waals surface area (Å²) in [4.78, 5) is 18.9. The van der Waals surface area contributed by atoms with Gasteiger partial charge in [-0.25, -0.2) is 4.79 Å². The average Bonchev–Trinajstić information content (AvgIpc) is 2.66. The first-order valence-corrected chi connectivity index (χ1v) is 8.47. The molecule has 0 fully saturated rings. The van der Waals surface area contributed by atoms with Gasteiger partial charge in [-0.05, 0) is 47.4 Å². The van der Waals surface area contributed by atoms with E-state index >= 15 is 0 Å². The molecule has 3 rings (SSSR count). The number of hydrogen-bond donors (Lipinski definition) is 0. The Morgan fingerprint density at radius 1 is 1.15 bits per heavy atom. The van der Waals surface area contributed by atoms with Crippen LogP contribution in [0.15, 0.2) is 41.6 Å². The van der Waals surface area contributed by atoms with Gasteiger partial charge < -0.3 is 14.4 Å². The second kappa shape index (κ2) is 8.10. The molecular formula is C19H19ClN2O4. The highest BCUT2D eigenvalue weighted by molar-refractivity contribution is 6.30. The molecule has 0 saturated carbocycles. The Morgan fingerprint density at radius 2 is 1.88 bits per heavy atom. The minimum Gasteiger partial charge on any atom is -0.493 e. The number of carbonyl (C=O) groups is 1. The lowest BCUT2D eigenvalue weighted by molar-refractivity contribution is 0.101. The van der Waals surface area contributed by atoms with Crippen LogP contribution in [0.5, 0.6) is 11.5 Å². The minimum absolute atomic E-state index is 0.432. The molecule has 0 spiro atoms. The van der Waals surface area contributed by atoms with Crippen LogP contribution >= 0.6 is 11.6 Å². The summed E-state index contributed by atoms with van der Waals surface area (Å²) in [7, 11) is 3.19. The SMILES string of the molecule is COc1cc2c(cc1OC)CN(C(=O)O/N=C/c1cccc(Cl)c1)CC2. The van der Waals surface area contributed by atoms with Crippen LogP contribution in [-0.2, 0) is 17.8 Å². The van der Waals surface area contributed by atoms with E-state index in [4.69, 9.17) is 25.9 Å². The number of ether oxygens (including phenoxy) is 2. The van der Waals surface area contributed by atoms with E-state index in [1.165, 1.54) is 6.21 Å². The van der Waals surface area contributed by atoms with Crippen LogP contribution in [0.4, 0.5) is 4.79 Å². The van der Waals surface area contributed by atoms with Crippen molar-refractivity contribution < 1.29 is 19.1 Å². The van der Waals surface area contributed by atoms with Crippen molar-refractivity contribution >= 4 is 23.9 Å². The number of fused-ring (bicyclic) bond motifs is 1. The lowest BCUT2D eigenvalue weighted by Crippen LogP contribution is -2.35. The van der Waals surface area contributed by atoms with Gasteiger partial charge in [0.25, 0.3) is 0 Å². The molecular weight excluding hydrogens is 356 g/mol. The van der Waals surface area contributed by atoms with Gasteiger partial charge in [0.05, 0.1) is 20.4 Å². The first-order valence-electron chi connectivity index (χ1n) is 8.09. The Morgan fingerprint density at radius 3 is 2.58 bits per heavy atom. The number of oxime groups is 1. The number of methoxy groups -OCH3 is 2. The van der Waals surface area contributed by atoms with Crippen molar-refractivity contribution in [2.45, 2.75) is 13.0 Å². The van der Waals surface area contributed by atoms with Gasteiger partial charge in [-0.15, -0.1) is 0 Å². The third kappa shape index (κ3) is 4.08. The highest BCUT2D eigenvalue weighted by Gasteiger charge is 2.24. The summed E-state index contributed by atoms with van der Waals surface area (Å²) >= 11 is 5.91. The second-order valence-corrected chi connectivity index (χ2v) is 6.23. The number of halogens is 1. The van der Waals surface area contributed by atoms with Crippen molar-refractivity contribution in [3.8, 4) is 11.5 Å². The highest BCUT2D eigenvalue weighted by atomic mass is 35.5. The number of amides is 1. The van der Waals surface area contributed by atoms with Gasteiger partial charge in [-0.1, -0.05) is 28.9 Å². The minimum atomic E-state index is -0.497. The molecule has 2 aromatic rings. The van der Waals surface area contributed by atoms with E-state index in [-0.39, 0.29) is 0 Å². The molecule has 1 aliphatic heterocycles. The fraction of sp³-hybridized carbons (Fsp3) is 0.263. The summed E-state index contributed by atoms with van der Waals surface area (Å²) in [5.74, 6) is 1.33. The Labute approximate surface area is 156 Å². The molecule has 0 bridgehead atoms. The molecule has 0 atom stereocenters. The van der Waals surface area contributed by atoms with Gasteiger partial charge in [-0.3, -0.25) is 4.84 Å². The van der Waals surface area contributed by atoms with Crippen molar-refractivity contribution in [2.75, 3.05) is 20.8 Å². The average molecular weight is 375 g/mol. The molecule has 2 aromatic carbocycles. The summed E-state index contributed by atoms with van der Waals surface area (Å²) < 4.78 is 10.6. The van der Waals surface area contributed by atoms with Crippen LogP contribution in [-0.4, -0.2) is 38.0 Å². The van der Waals surface area contributed by atoms with Crippen LogP contribution in [0.25, 0.3) is 0 Å².